The Morgan fingerprint density at radius 1 is 1.50 bits per heavy atom. The molecule has 3 nitrogen and oxygen atoms in total. The van der Waals surface area contributed by atoms with Gasteiger partial charge < -0.3 is 10.6 Å². The highest BCUT2D eigenvalue weighted by molar-refractivity contribution is 7.98. The van der Waals surface area contributed by atoms with Gasteiger partial charge in [0.2, 0.25) is 5.91 Å². The van der Waals surface area contributed by atoms with E-state index in [0.717, 1.165) is 25.4 Å². The Morgan fingerprint density at radius 3 is 2.86 bits per heavy atom. The van der Waals surface area contributed by atoms with Crippen LogP contribution in [0.25, 0.3) is 0 Å². The predicted molar refractivity (Wildman–Crippen MR) is 61.6 cm³/mol. The van der Waals surface area contributed by atoms with Crippen molar-refractivity contribution in [3.63, 3.8) is 0 Å². The molecule has 1 amide bonds. The average Bonchev–Trinajstić information content (AvgIpc) is 2.25. The zero-order chi connectivity index (χ0) is 10.2. The third-order valence-electron chi connectivity index (χ3n) is 2.58. The van der Waals surface area contributed by atoms with Crippen molar-refractivity contribution >= 4 is 17.7 Å². The van der Waals surface area contributed by atoms with Crippen molar-refractivity contribution in [2.75, 3.05) is 31.6 Å². The molecule has 1 aliphatic heterocycles. The molecule has 0 spiro atoms. The van der Waals surface area contributed by atoms with Crippen LogP contribution in [0.15, 0.2) is 0 Å². The molecule has 1 heterocycles. The first-order valence-electron chi connectivity index (χ1n) is 5.29. The van der Waals surface area contributed by atoms with Gasteiger partial charge in [-0.2, -0.15) is 11.8 Å². The number of amides is 1. The van der Waals surface area contributed by atoms with Crippen LogP contribution in [-0.4, -0.2) is 37.6 Å². The molecule has 4 heteroatoms. The summed E-state index contributed by atoms with van der Waals surface area (Å²) < 4.78 is 0. The van der Waals surface area contributed by atoms with Crippen LogP contribution in [0.5, 0.6) is 0 Å². The number of carbonyl (C=O) groups is 1. The topological polar surface area (TPSA) is 41.1 Å². The van der Waals surface area contributed by atoms with E-state index < -0.39 is 0 Å². The predicted octanol–water partition coefficient (Wildman–Crippen LogP) is 0.855. The summed E-state index contributed by atoms with van der Waals surface area (Å²) in [5.74, 6) is 1.82. The lowest BCUT2D eigenvalue weighted by Gasteiger charge is -2.22. The Labute approximate surface area is 90.4 Å². The molecule has 82 valence electrons. The van der Waals surface area contributed by atoms with E-state index in [1.165, 1.54) is 12.8 Å². The van der Waals surface area contributed by atoms with E-state index in [2.05, 4.69) is 10.6 Å². The van der Waals surface area contributed by atoms with Crippen LogP contribution in [-0.2, 0) is 4.79 Å². The van der Waals surface area contributed by atoms with Gasteiger partial charge in [0, 0.05) is 18.7 Å². The summed E-state index contributed by atoms with van der Waals surface area (Å²) in [6, 6.07) is 0. The van der Waals surface area contributed by atoms with E-state index in [9.17, 15) is 4.79 Å². The highest BCUT2D eigenvalue weighted by Crippen LogP contribution is 2.09. The van der Waals surface area contributed by atoms with Crippen molar-refractivity contribution in [1.29, 1.82) is 0 Å². The Morgan fingerprint density at radius 2 is 2.21 bits per heavy atom. The third kappa shape index (κ3) is 4.86. The van der Waals surface area contributed by atoms with Crippen LogP contribution in [0.4, 0.5) is 0 Å². The highest BCUT2D eigenvalue weighted by atomic mass is 32.2. The first-order valence-corrected chi connectivity index (χ1v) is 6.68. The molecule has 0 radical (unpaired) electrons. The zero-order valence-electron chi connectivity index (χ0n) is 8.84. The summed E-state index contributed by atoms with van der Waals surface area (Å²) >= 11 is 1.72. The Kier molecular flexibility index (Phi) is 6.03. The molecule has 0 aromatic heterocycles. The number of nitrogens with one attached hydrogen (secondary N) is 2. The number of hydrogen-bond acceptors (Lipinski definition) is 3. The largest absolute Gasteiger partial charge is 0.356 e. The Balaban J connectivity index is 2.03. The lowest BCUT2D eigenvalue weighted by Crippen LogP contribution is -2.36. The quantitative estimate of drug-likeness (QED) is 0.716. The summed E-state index contributed by atoms with van der Waals surface area (Å²) in [4.78, 5) is 11.3. The lowest BCUT2D eigenvalue weighted by molar-refractivity contribution is -0.120. The van der Waals surface area contributed by atoms with Crippen molar-refractivity contribution in [3.8, 4) is 0 Å². The van der Waals surface area contributed by atoms with Crippen LogP contribution in [0.1, 0.15) is 19.3 Å². The number of hydrogen-bond donors (Lipinski definition) is 2. The second-order valence-corrected chi connectivity index (χ2v) is 4.73. The van der Waals surface area contributed by atoms with Crippen molar-refractivity contribution in [2.45, 2.75) is 19.3 Å². The molecule has 1 rings (SSSR count). The van der Waals surface area contributed by atoms with E-state index in [1.54, 1.807) is 11.8 Å². The van der Waals surface area contributed by atoms with Gasteiger partial charge in [-0.25, -0.2) is 0 Å². The van der Waals surface area contributed by atoms with Crippen LogP contribution in [0.3, 0.4) is 0 Å². The molecule has 1 aliphatic rings. The summed E-state index contributed by atoms with van der Waals surface area (Å²) in [6.45, 7) is 3.07. The lowest BCUT2D eigenvalue weighted by atomic mass is 9.98. The summed E-state index contributed by atoms with van der Waals surface area (Å²) in [6.07, 6.45) is 5.08. The molecule has 2 N–H and O–H groups in total. The smallest absolute Gasteiger partial charge is 0.220 e. The SMILES string of the molecule is CSCCC(=O)NCC1CCNCC1. The van der Waals surface area contributed by atoms with Gasteiger partial charge in [-0.05, 0) is 38.1 Å². The number of thioether (sulfide) groups is 1. The molecule has 0 bridgehead atoms. The van der Waals surface area contributed by atoms with Gasteiger partial charge in [-0.3, -0.25) is 4.79 Å². The molecule has 1 saturated heterocycles. The normalized spacial score (nSPS) is 18.1. The van der Waals surface area contributed by atoms with Gasteiger partial charge in [0.15, 0.2) is 0 Å². The Hall–Kier alpha value is -0.220. The average molecular weight is 216 g/mol. The van der Waals surface area contributed by atoms with Gasteiger partial charge in [-0.1, -0.05) is 0 Å². The van der Waals surface area contributed by atoms with E-state index >= 15 is 0 Å². The maximum atomic E-state index is 11.3. The minimum absolute atomic E-state index is 0.206. The van der Waals surface area contributed by atoms with E-state index in [0.29, 0.717) is 12.3 Å². The van der Waals surface area contributed by atoms with Gasteiger partial charge in [0.1, 0.15) is 0 Å². The first-order chi connectivity index (χ1) is 6.83. The van der Waals surface area contributed by atoms with Crippen molar-refractivity contribution in [3.05, 3.63) is 0 Å². The fourth-order valence-corrected chi connectivity index (χ4v) is 2.02. The van der Waals surface area contributed by atoms with Crippen LogP contribution in [0.2, 0.25) is 0 Å². The second-order valence-electron chi connectivity index (χ2n) is 3.74. The van der Waals surface area contributed by atoms with Gasteiger partial charge in [0.05, 0.1) is 0 Å². The zero-order valence-corrected chi connectivity index (χ0v) is 9.66. The molecule has 0 aliphatic carbocycles. The molecular formula is C10H20N2OS. The van der Waals surface area contributed by atoms with E-state index in [1.807, 2.05) is 6.26 Å². The third-order valence-corrected chi connectivity index (χ3v) is 3.19. The van der Waals surface area contributed by atoms with Gasteiger partial charge >= 0.3 is 0 Å². The second kappa shape index (κ2) is 7.12. The highest BCUT2D eigenvalue weighted by Gasteiger charge is 2.13. The van der Waals surface area contributed by atoms with E-state index in [4.69, 9.17) is 0 Å². The van der Waals surface area contributed by atoms with Crippen molar-refractivity contribution in [2.24, 2.45) is 5.92 Å². The van der Waals surface area contributed by atoms with Gasteiger partial charge in [0.25, 0.3) is 0 Å². The van der Waals surface area contributed by atoms with Crippen molar-refractivity contribution < 1.29 is 4.79 Å². The van der Waals surface area contributed by atoms with Crippen LogP contribution < -0.4 is 10.6 Å². The van der Waals surface area contributed by atoms with Crippen LogP contribution >= 0.6 is 11.8 Å². The maximum absolute atomic E-state index is 11.3. The molecule has 0 unspecified atom stereocenters. The molecule has 0 atom stereocenters. The number of carbonyl (C=O) groups excluding carboxylic acids is 1. The van der Waals surface area contributed by atoms with Gasteiger partial charge in [-0.15, -0.1) is 0 Å². The summed E-state index contributed by atoms with van der Waals surface area (Å²) in [7, 11) is 0. The number of piperidine rings is 1. The standard InChI is InChI=1S/C10H20N2OS/c1-14-7-4-10(13)12-8-9-2-5-11-6-3-9/h9,11H,2-8H2,1H3,(H,12,13). The van der Waals surface area contributed by atoms with E-state index in [-0.39, 0.29) is 5.91 Å². The minimum atomic E-state index is 0.206. The van der Waals surface area contributed by atoms with Crippen LogP contribution in [0, 0.1) is 5.92 Å². The monoisotopic (exact) mass is 216 g/mol. The minimum Gasteiger partial charge on any atom is -0.356 e. The molecule has 0 saturated carbocycles. The van der Waals surface area contributed by atoms with Crippen molar-refractivity contribution in [1.82, 2.24) is 10.6 Å². The molecule has 0 aromatic carbocycles. The molecule has 0 aromatic rings. The Bertz CT molecular complexity index is 170. The first kappa shape index (κ1) is 11.9. The fraction of sp³-hybridized carbons (Fsp3) is 0.900. The molecule has 14 heavy (non-hydrogen) atoms. The summed E-state index contributed by atoms with van der Waals surface area (Å²) in [5.41, 5.74) is 0. The summed E-state index contributed by atoms with van der Waals surface area (Å²) in [5, 5.41) is 6.33. The molecule has 1 fully saturated rings. The molecular weight excluding hydrogens is 196 g/mol. The maximum Gasteiger partial charge on any atom is 0.220 e. The fourth-order valence-electron chi connectivity index (χ4n) is 1.63. The number of rotatable bonds is 5.